The summed E-state index contributed by atoms with van der Waals surface area (Å²) in [4.78, 5) is 4.50. The third-order valence-corrected chi connectivity index (χ3v) is 3.02. The van der Waals surface area contributed by atoms with Gasteiger partial charge in [0.05, 0.1) is 10.2 Å². The second-order valence-corrected chi connectivity index (χ2v) is 4.19. The van der Waals surface area contributed by atoms with Gasteiger partial charge in [-0.2, -0.15) is 0 Å². The van der Waals surface area contributed by atoms with Crippen molar-refractivity contribution in [2.24, 2.45) is 5.73 Å². The van der Waals surface area contributed by atoms with Crippen molar-refractivity contribution >= 4 is 26.7 Å². The number of fused-ring (bicyclic) bond motifs is 1. The van der Waals surface area contributed by atoms with Crippen LogP contribution in [0, 0.1) is 6.92 Å². The number of benzene rings is 1. The number of aromatic nitrogens is 1. The molecule has 4 heteroatoms. The molecule has 0 aliphatic rings. The van der Waals surface area contributed by atoms with Gasteiger partial charge in [0.25, 0.3) is 0 Å². The summed E-state index contributed by atoms with van der Waals surface area (Å²) in [7, 11) is 0. The molecule has 2 aromatic rings. The third kappa shape index (κ3) is 1.71. The first-order chi connectivity index (χ1) is 6.81. The zero-order valence-electron chi connectivity index (χ0n) is 8.08. The fourth-order valence-electron chi connectivity index (χ4n) is 1.34. The Balaban J connectivity index is 2.36. The molecule has 0 bridgehead atoms. The van der Waals surface area contributed by atoms with Crippen molar-refractivity contribution < 1.29 is 0 Å². The van der Waals surface area contributed by atoms with Gasteiger partial charge in [0, 0.05) is 13.1 Å². The summed E-state index contributed by atoms with van der Waals surface area (Å²) in [5.74, 6) is 0. The zero-order valence-corrected chi connectivity index (χ0v) is 8.90. The maximum absolute atomic E-state index is 5.41. The molecule has 1 aromatic carbocycles. The van der Waals surface area contributed by atoms with Crippen LogP contribution in [0.5, 0.6) is 0 Å². The number of hydrogen-bond acceptors (Lipinski definition) is 4. The Hall–Kier alpha value is -1.13. The molecule has 0 atom stereocenters. The summed E-state index contributed by atoms with van der Waals surface area (Å²) < 4.78 is 1.23. The van der Waals surface area contributed by atoms with Gasteiger partial charge in [0.15, 0.2) is 5.13 Å². The predicted octanol–water partition coefficient (Wildman–Crippen LogP) is 1.98. The van der Waals surface area contributed by atoms with Crippen LogP contribution in [-0.4, -0.2) is 18.1 Å². The van der Waals surface area contributed by atoms with Crippen molar-refractivity contribution in [3.8, 4) is 0 Å². The first kappa shape index (κ1) is 9.43. The number of nitrogens with one attached hydrogen (secondary N) is 1. The quantitative estimate of drug-likeness (QED) is 0.809. The van der Waals surface area contributed by atoms with Crippen LogP contribution in [0.1, 0.15) is 5.56 Å². The summed E-state index contributed by atoms with van der Waals surface area (Å²) in [5, 5.41) is 4.15. The molecule has 2 rings (SSSR count). The number of rotatable bonds is 3. The van der Waals surface area contributed by atoms with E-state index >= 15 is 0 Å². The van der Waals surface area contributed by atoms with E-state index in [0.717, 1.165) is 17.2 Å². The monoisotopic (exact) mass is 207 g/mol. The summed E-state index contributed by atoms with van der Waals surface area (Å²) in [6.07, 6.45) is 0. The van der Waals surface area contributed by atoms with E-state index in [0.29, 0.717) is 6.54 Å². The first-order valence-electron chi connectivity index (χ1n) is 4.61. The minimum atomic E-state index is 0.634. The molecule has 3 nitrogen and oxygen atoms in total. The largest absolute Gasteiger partial charge is 0.360 e. The lowest BCUT2D eigenvalue weighted by Crippen LogP contribution is -2.12. The SMILES string of the molecule is Cc1cccc2sc(NCCN)nc12. The maximum atomic E-state index is 5.41. The molecule has 0 radical (unpaired) electrons. The van der Waals surface area contributed by atoms with Gasteiger partial charge >= 0.3 is 0 Å². The molecule has 74 valence electrons. The number of thiazole rings is 1. The van der Waals surface area contributed by atoms with Crippen LogP contribution in [-0.2, 0) is 0 Å². The minimum Gasteiger partial charge on any atom is -0.360 e. The van der Waals surface area contributed by atoms with Gasteiger partial charge in [-0.15, -0.1) is 0 Å². The van der Waals surface area contributed by atoms with Crippen LogP contribution in [0.25, 0.3) is 10.2 Å². The van der Waals surface area contributed by atoms with Crippen molar-refractivity contribution in [1.29, 1.82) is 0 Å². The van der Waals surface area contributed by atoms with Crippen molar-refractivity contribution in [2.75, 3.05) is 18.4 Å². The van der Waals surface area contributed by atoms with Gasteiger partial charge in [-0.05, 0) is 18.6 Å². The molecule has 1 heterocycles. The summed E-state index contributed by atoms with van der Waals surface area (Å²) in [6.45, 7) is 3.49. The van der Waals surface area contributed by atoms with E-state index in [2.05, 4.69) is 35.4 Å². The molecule has 0 aliphatic heterocycles. The Morgan fingerprint density at radius 1 is 1.50 bits per heavy atom. The third-order valence-electron chi connectivity index (χ3n) is 2.04. The van der Waals surface area contributed by atoms with Gasteiger partial charge < -0.3 is 11.1 Å². The van der Waals surface area contributed by atoms with Gasteiger partial charge in [-0.1, -0.05) is 23.5 Å². The van der Waals surface area contributed by atoms with Crippen LogP contribution < -0.4 is 11.1 Å². The second kappa shape index (κ2) is 3.94. The van der Waals surface area contributed by atoms with E-state index in [1.165, 1.54) is 10.3 Å². The molecule has 14 heavy (non-hydrogen) atoms. The Morgan fingerprint density at radius 3 is 3.07 bits per heavy atom. The molecule has 0 aliphatic carbocycles. The van der Waals surface area contributed by atoms with E-state index in [-0.39, 0.29) is 0 Å². The molecule has 0 fully saturated rings. The summed E-state index contributed by atoms with van der Waals surface area (Å²) in [6, 6.07) is 6.23. The van der Waals surface area contributed by atoms with Crippen LogP contribution in [0.4, 0.5) is 5.13 Å². The Kier molecular flexibility index (Phi) is 2.65. The highest BCUT2D eigenvalue weighted by molar-refractivity contribution is 7.22. The molecular formula is C10H13N3S. The fraction of sp³-hybridized carbons (Fsp3) is 0.300. The topological polar surface area (TPSA) is 50.9 Å². The highest BCUT2D eigenvalue weighted by Gasteiger charge is 2.03. The molecule has 0 amide bonds. The molecule has 0 saturated heterocycles. The van der Waals surface area contributed by atoms with E-state index < -0.39 is 0 Å². The van der Waals surface area contributed by atoms with Gasteiger partial charge in [0.1, 0.15) is 0 Å². The van der Waals surface area contributed by atoms with Crippen molar-refractivity contribution in [3.63, 3.8) is 0 Å². The first-order valence-corrected chi connectivity index (χ1v) is 5.43. The highest BCUT2D eigenvalue weighted by Crippen LogP contribution is 2.27. The van der Waals surface area contributed by atoms with Crippen LogP contribution >= 0.6 is 11.3 Å². The predicted molar refractivity (Wildman–Crippen MR) is 61.9 cm³/mol. The Bertz CT molecular complexity index is 436. The summed E-state index contributed by atoms with van der Waals surface area (Å²) in [5.41, 5.74) is 7.73. The maximum Gasteiger partial charge on any atom is 0.183 e. The van der Waals surface area contributed by atoms with Gasteiger partial charge in [-0.3, -0.25) is 0 Å². The second-order valence-electron chi connectivity index (χ2n) is 3.16. The average Bonchev–Trinajstić information content (AvgIpc) is 2.59. The number of nitrogens with two attached hydrogens (primary N) is 1. The number of nitrogens with zero attached hydrogens (tertiary/aromatic N) is 1. The number of anilines is 1. The van der Waals surface area contributed by atoms with E-state index in [4.69, 9.17) is 5.73 Å². The van der Waals surface area contributed by atoms with Crippen LogP contribution in [0.2, 0.25) is 0 Å². The van der Waals surface area contributed by atoms with E-state index in [1.54, 1.807) is 11.3 Å². The van der Waals surface area contributed by atoms with Crippen molar-refractivity contribution in [1.82, 2.24) is 4.98 Å². The van der Waals surface area contributed by atoms with Gasteiger partial charge in [0.2, 0.25) is 0 Å². The Labute approximate surface area is 87.0 Å². The van der Waals surface area contributed by atoms with E-state index in [9.17, 15) is 0 Å². The number of hydrogen-bond donors (Lipinski definition) is 2. The molecular weight excluding hydrogens is 194 g/mol. The molecule has 1 aromatic heterocycles. The van der Waals surface area contributed by atoms with E-state index in [1.807, 2.05) is 0 Å². The molecule has 3 N–H and O–H groups in total. The minimum absolute atomic E-state index is 0.634. The Morgan fingerprint density at radius 2 is 2.36 bits per heavy atom. The smallest absolute Gasteiger partial charge is 0.183 e. The normalized spacial score (nSPS) is 10.7. The average molecular weight is 207 g/mol. The van der Waals surface area contributed by atoms with Crippen molar-refractivity contribution in [3.05, 3.63) is 23.8 Å². The van der Waals surface area contributed by atoms with Crippen LogP contribution in [0.3, 0.4) is 0 Å². The lowest BCUT2D eigenvalue weighted by Gasteiger charge is -1.96. The standard InChI is InChI=1S/C10H13N3S/c1-7-3-2-4-8-9(7)13-10(14-8)12-6-5-11/h2-4H,5-6,11H2,1H3,(H,12,13). The molecule has 0 spiro atoms. The zero-order chi connectivity index (χ0) is 9.97. The van der Waals surface area contributed by atoms with Crippen molar-refractivity contribution in [2.45, 2.75) is 6.92 Å². The van der Waals surface area contributed by atoms with Gasteiger partial charge in [-0.25, -0.2) is 4.98 Å². The lowest BCUT2D eigenvalue weighted by atomic mass is 10.2. The highest BCUT2D eigenvalue weighted by atomic mass is 32.1. The number of para-hydroxylation sites is 1. The van der Waals surface area contributed by atoms with Crippen LogP contribution in [0.15, 0.2) is 18.2 Å². The lowest BCUT2D eigenvalue weighted by molar-refractivity contribution is 1.02. The number of aryl methyl sites for hydroxylation is 1. The molecule has 0 unspecified atom stereocenters. The molecule has 0 saturated carbocycles. The fourth-order valence-corrected chi connectivity index (χ4v) is 2.31. The summed E-state index contributed by atoms with van der Waals surface area (Å²) >= 11 is 1.67.